The lowest BCUT2D eigenvalue weighted by atomic mass is 9.89. The van der Waals surface area contributed by atoms with Gasteiger partial charge in [-0.15, -0.1) is 0 Å². The first-order valence-electron chi connectivity index (χ1n) is 10.7. The number of aromatic nitrogens is 2. The summed E-state index contributed by atoms with van der Waals surface area (Å²) in [7, 11) is 3.79. The Hall–Kier alpha value is -2.08. The van der Waals surface area contributed by atoms with Crippen LogP contribution in [0.1, 0.15) is 66.0 Å². The van der Waals surface area contributed by atoms with E-state index in [0.717, 1.165) is 24.2 Å². The Morgan fingerprint density at radius 3 is 2.71 bits per heavy atom. The number of amides is 1. The second-order valence-corrected chi connectivity index (χ2v) is 8.34. The van der Waals surface area contributed by atoms with Crippen molar-refractivity contribution in [3.8, 4) is 0 Å². The molecule has 0 spiro atoms. The van der Waals surface area contributed by atoms with Gasteiger partial charge in [0.25, 0.3) is 5.91 Å². The first-order chi connectivity index (χ1) is 13.6. The molecule has 1 amide bonds. The zero-order valence-electron chi connectivity index (χ0n) is 17.2. The molecule has 4 rings (SSSR count). The zero-order chi connectivity index (χ0) is 19.5. The number of likely N-dealkylation sites (tertiary alicyclic amines) is 1. The molecule has 0 unspecified atom stereocenters. The number of rotatable bonds is 4. The van der Waals surface area contributed by atoms with Crippen molar-refractivity contribution in [1.82, 2.24) is 19.6 Å². The van der Waals surface area contributed by atoms with E-state index in [1.54, 1.807) is 11.2 Å². The van der Waals surface area contributed by atoms with E-state index in [-0.39, 0.29) is 5.91 Å². The standard InChI is InChI=1S/C22H32N4O2/c1-24(16-18-9-8-14-28-18)22(27)21-19-15-17(10-11-20(19)25(2)23-21)26-12-6-4-3-5-7-13-26/h8-9,14,17H,3-7,10-13,15-16H2,1-2H3/t17-/m0/s1. The second kappa shape index (κ2) is 8.52. The summed E-state index contributed by atoms with van der Waals surface area (Å²) >= 11 is 0. The number of carbonyl (C=O) groups excluding carboxylic acids is 1. The van der Waals surface area contributed by atoms with Gasteiger partial charge in [0.1, 0.15) is 5.76 Å². The van der Waals surface area contributed by atoms with E-state index in [1.165, 1.54) is 57.3 Å². The van der Waals surface area contributed by atoms with Crippen molar-refractivity contribution in [3.63, 3.8) is 0 Å². The molecular weight excluding hydrogens is 352 g/mol. The highest BCUT2D eigenvalue weighted by Gasteiger charge is 2.32. The van der Waals surface area contributed by atoms with E-state index < -0.39 is 0 Å². The number of aryl methyl sites for hydroxylation is 1. The Morgan fingerprint density at radius 1 is 1.25 bits per heavy atom. The van der Waals surface area contributed by atoms with Gasteiger partial charge in [-0.2, -0.15) is 5.10 Å². The molecule has 1 atom stereocenters. The summed E-state index contributed by atoms with van der Waals surface area (Å²) in [6.45, 7) is 2.86. The van der Waals surface area contributed by atoms with Crippen molar-refractivity contribution in [2.24, 2.45) is 7.05 Å². The Kier molecular flexibility index (Phi) is 5.85. The largest absolute Gasteiger partial charge is 0.467 e. The molecule has 152 valence electrons. The van der Waals surface area contributed by atoms with Crippen LogP contribution >= 0.6 is 0 Å². The monoisotopic (exact) mass is 384 g/mol. The molecule has 1 fully saturated rings. The maximum atomic E-state index is 13.1. The normalized spacial score (nSPS) is 21.0. The lowest BCUT2D eigenvalue weighted by Crippen LogP contribution is -2.41. The summed E-state index contributed by atoms with van der Waals surface area (Å²) < 4.78 is 7.32. The van der Waals surface area contributed by atoms with E-state index in [2.05, 4.69) is 10.00 Å². The lowest BCUT2D eigenvalue weighted by Gasteiger charge is -2.35. The number of hydrogen-bond acceptors (Lipinski definition) is 4. The molecule has 28 heavy (non-hydrogen) atoms. The lowest BCUT2D eigenvalue weighted by molar-refractivity contribution is 0.0766. The summed E-state index contributed by atoms with van der Waals surface area (Å²) in [5.41, 5.74) is 3.03. The van der Waals surface area contributed by atoms with Gasteiger partial charge in [-0.1, -0.05) is 19.3 Å². The van der Waals surface area contributed by atoms with Gasteiger partial charge in [-0.3, -0.25) is 9.48 Å². The molecule has 6 nitrogen and oxygen atoms in total. The van der Waals surface area contributed by atoms with Gasteiger partial charge >= 0.3 is 0 Å². The molecule has 2 aromatic heterocycles. The van der Waals surface area contributed by atoms with Crippen LogP contribution < -0.4 is 0 Å². The van der Waals surface area contributed by atoms with E-state index in [9.17, 15) is 4.79 Å². The molecule has 6 heteroatoms. The topological polar surface area (TPSA) is 54.5 Å². The van der Waals surface area contributed by atoms with E-state index in [0.29, 0.717) is 18.3 Å². The van der Waals surface area contributed by atoms with Gasteiger partial charge in [0.05, 0.1) is 12.8 Å². The molecule has 1 aliphatic carbocycles. The average Bonchev–Trinajstić information content (AvgIpc) is 3.28. The minimum Gasteiger partial charge on any atom is -0.467 e. The van der Waals surface area contributed by atoms with Crippen molar-refractivity contribution >= 4 is 5.91 Å². The molecule has 2 aromatic rings. The fourth-order valence-electron chi connectivity index (χ4n) is 4.78. The third-order valence-corrected chi connectivity index (χ3v) is 6.36. The van der Waals surface area contributed by atoms with Gasteiger partial charge in [-0.25, -0.2) is 0 Å². The van der Waals surface area contributed by atoms with Gasteiger partial charge in [0.15, 0.2) is 5.69 Å². The van der Waals surface area contributed by atoms with Gasteiger partial charge in [-0.05, 0) is 57.3 Å². The SMILES string of the molecule is CN(Cc1ccco1)C(=O)c1nn(C)c2c1C[C@@H](N1CCCCCCC1)CC2. The number of furan rings is 1. The Balaban J connectivity index is 1.51. The van der Waals surface area contributed by atoms with Crippen LogP contribution in [0.15, 0.2) is 22.8 Å². The smallest absolute Gasteiger partial charge is 0.274 e. The van der Waals surface area contributed by atoms with Crippen LogP contribution in [0.4, 0.5) is 0 Å². The van der Waals surface area contributed by atoms with Crippen LogP contribution in [0, 0.1) is 0 Å². The minimum atomic E-state index is -0.0124. The second-order valence-electron chi connectivity index (χ2n) is 8.34. The Bertz CT molecular complexity index is 788. The zero-order valence-corrected chi connectivity index (χ0v) is 17.2. The number of fused-ring (bicyclic) bond motifs is 1. The third-order valence-electron chi connectivity index (χ3n) is 6.36. The van der Waals surface area contributed by atoms with Crippen LogP contribution in [0.25, 0.3) is 0 Å². The quantitative estimate of drug-likeness (QED) is 0.811. The number of nitrogens with zero attached hydrogens (tertiary/aromatic N) is 4. The highest BCUT2D eigenvalue weighted by Crippen LogP contribution is 2.29. The van der Waals surface area contributed by atoms with Crippen LogP contribution in [0.5, 0.6) is 0 Å². The van der Waals surface area contributed by atoms with Gasteiger partial charge in [0, 0.05) is 31.4 Å². The summed E-state index contributed by atoms with van der Waals surface area (Å²) in [4.78, 5) is 17.5. The summed E-state index contributed by atoms with van der Waals surface area (Å²) in [5, 5.41) is 4.63. The molecule has 2 aliphatic rings. The van der Waals surface area contributed by atoms with Crippen molar-refractivity contribution < 1.29 is 9.21 Å². The summed E-state index contributed by atoms with van der Waals surface area (Å²) in [5.74, 6) is 0.778. The number of carbonyl (C=O) groups is 1. The Labute approximate surface area is 167 Å². The molecule has 1 aliphatic heterocycles. The molecule has 0 bridgehead atoms. The molecule has 0 aromatic carbocycles. The van der Waals surface area contributed by atoms with E-state index >= 15 is 0 Å². The van der Waals surface area contributed by atoms with E-state index in [1.807, 2.05) is 30.9 Å². The fraction of sp³-hybridized carbons (Fsp3) is 0.636. The third kappa shape index (κ3) is 4.02. The molecular formula is C22H32N4O2. The molecule has 0 radical (unpaired) electrons. The van der Waals surface area contributed by atoms with Crippen molar-refractivity contribution in [2.75, 3.05) is 20.1 Å². The summed E-state index contributed by atoms with van der Waals surface area (Å²) in [6.07, 6.45) is 11.4. The van der Waals surface area contributed by atoms with Crippen molar-refractivity contribution in [3.05, 3.63) is 41.1 Å². The molecule has 0 saturated carbocycles. The van der Waals surface area contributed by atoms with Crippen LogP contribution in [-0.4, -0.2) is 51.7 Å². The molecule has 3 heterocycles. The highest BCUT2D eigenvalue weighted by molar-refractivity contribution is 5.94. The maximum Gasteiger partial charge on any atom is 0.274 e. The van der Waals surface area contributed by atoms with Crippen molar-refractivity contribution in [1.29, 1.82) is 0 Å². The predicted octanol–water partition coefficient (Wildman–Crippen LogP) is 3.41. The van der Waals surface area contributed by atoms with Gasteiger partial charge in [0.2, 0.25) is 0 Å². The molecule has 0 N–H and O–H groups in total. The number of hydrogen-bond donors (Lipinski definition) is 0. The molecule has 1 saturated heterocycles. The maximum absolute atomic E-state index is 13.1. The fourth-order valence-corrected chi connectivity index (χ4v) is 4.78. The summed E-state index contributed by atoms with van der Waals surface area (Å²) in [6, 6.07) is 4.29. The van der Waals surface area contributed by atoms with Crippen LogP contribution in [-0.2, 0) is 26.4 Å². The van der Waals surface area contributed by atoms with E-state index in [4.69, 9.17) is 4.42 Å². The first-order valence-corrected chi connectivity index (χ1v) is 10.7. The van der Waals surface area contributed by atoms with Crippen molar-refractivity contribution in [2.45, 2.75) is 64.0 Å². The Morgan fingerprint density at radius 2 is 2.00 bits per heavy atom. The first kappa shape index (κ1) is 19.2. The van der Waals surface area contributed by atoms with Crippen LogP contribution in [0.3, 0.4) is 0 Å². The van der Waals surface area contributed by atoms with Crippen LogP contribution in [0.2, 0.25) is 0 Å². The van der Waals surface area contributed by atoms with Gasteiger partial charge < -0.3 is 14.2 Å². The minimum absolute atomic E-state index is 0.0124. The highest BCUT2D eigenvalue weighted by atomic mass is 16.3. The predicted molar refractivity (Wildman–Crippen MR) is 108 cm³/mol. The average molecular weight is 385 g/mol.